The molecular formula is C11H11N3O2S. The molecule has 1 N–H and O–H groups in total. The van der Waals surface area contributed by atoms with Gasteiger partial charge in [0.05, 0.1) is 25.0 Å². The van der Waals surface area contributed by atoms with Crippen molar-refractivity contribution in [3.63, 3.8) is 0 Å². The molecular weight excluding hydrogens is 238 g/mol. The molecule has 0 aromatic carbocycles. The SMILES string of the molecule is COC(=O)NCc1csc(-c2ccccn2)n1. The Kier molecular flexibility index (Phi) is 3.66. The number of alkyl carbamates (subject to hydrolysis) is 1. The second-order valence-corrected chi connectivity index (χ2v) is 4.06. The van der Waals surface area contributed by atoms with Crippen LogP contribution in [-0.2, 0) is 11.3 Å². The number of ether oxygens (including phenoxy) is 1. The number of nitrogens with one attached hydrogen (secondary N) is 1. The van der Waals surface area contributed by atoms with E-state index in [1.807, 2.05) is 23.6 Å². The van der Waals surface area contributed by atoms with E-state index >= 15 is 0 Å². The summed E-state index contributed by atoms with van der Waals surface area (Å²) in [5.41, 5.74) is 1.63. The average molecular weight is 249 g/mol. The maximum atomic E-state index is 10.9. The lowest BCUT2D eigenvalue weighted by molar-refractivity contribution is 0.170. The molecule has 0 atom stereocenters. The molecule has 0 bridgehead atoms. The van der Waals surface area contributed by atoms with Crippen LogP contribution in [0.3, 0.4) is 0 Å². The van der Waals surface area contributed by atoms with Gasteiger partial charge in [0.1, 0.15) is 5.01 Å². The van der Waals surface area contributed by atoms with Crippen LogP contribution in [0, 0.1) is 0 Å². The zero-order valence-corrected chi connectivity index (χ0v) is 10.0. The number of carbonyl (C=O) groups excluding carboxylic acids is 1. The molecule has 17 heavy (non-hydrogen) atoms. The fourth-order valence-electron chi connectivity index (χ4n) is 1.23. The zero-order chi connectivity index (χ0) is 12.1. The summed E-state index contributed by atoms with van der Waals surface area (Å²) in [6.07, 6.45) is 1.26. The van der Waals surface area contributed by atoms with Crippen molar-refractivity contribution in [3.8, 4) is 10.7 Å². The number of rotatable bonds is 3. The summed E-state index contributed by atoms with van der Waals surface area (Å²) >= 11 is 1.50. The quantitative estimate of drug-likeness (QED) is 0.904. The molecule has 6 heteroatoms. The van der Waals surface area contributed by atoms with Crippen molar-refractivity contribution in [3.05, 3.63) is 35.5 Å². The molecule has 0 aliphatic heterocycles. The van der Waals surface area contributed by atoms with E-state index in [-0.39, 0.29) is 0 Å². The summed E-state index contributed by atoms with van der Waals surface area (Å²) < 4.78 is 4.48. The molecule has 2 aromatic rings. The van der Waals surface area contributed by atoms with E-state index in [1.165, 1.54) is 18.4 Å². The van der Waals surface area contributed by atoms with E-state index in [2.05, 4.69) is 20.0 Å². The number of pyridine rings is 1. The molecule has 0 radical (unpaired) electrons. The topological polar surface area (TPSA) is 64.1 Å². The van der Waals surface area contributed by atoms with Crippen LogP contribution in [0.4, 0.5) is 4.79 Å². The predicted molar refractivity (Wildman–Crippen MR) is 64.6 cm³/mol. The molecule has 0 aliphatic carbocycles. The third kappa shape index (κ3) is 3.01. The van der Waals surface area contributed by atoms with E-state index in [0.717, 1.165) is 16.4 Å². The van der Waals surface area contributed by atoms with Gasteiger partial charge in [-0.1, -0.05) is 6.07 Å². The predicted octanol–water partition coefficient (Wildman–Crippen LogP) is 2.06. The van der Waals surface area contributed by atoms with Crippen LogP contribution in [0.5, 0.6) is 0 Å². The molecule has 0 saturated heterocycles. The molecule has 2 rings (SSSR count). The molecule has 0 aliphatic rings. The molecule has 0 unspecified atom stereocenters. The number of carbonyl (C=O) groups is 1. The first-order chi connectivity index (χ1) is 8.29. The van der Waals surface area contributed by atoms with Crippen LogP contribution in [0.15, 0.2) is 29.8 Å². The number of amides is 1. The van der Waals surface area contributed by atoms with Gasteiger partial charge in [0.2, 0.25) is 0 Å². The Hall–Kier alpha value is -1.95. The molecule has 0 spiro atoms. The molecule has 88 valence electrons. The monoisotopic (exact) mass is 249 g/mol. The minimum atomic E-state index is -0.461. The normalized spacial score (nSPS) is 9.94. The Balaban J connectivity index is 2.04. The van der Waals surface area contributed by atoms with Crippen molar-refractivity contribution in [2.75, 3.05) is 7.11 Å². The minimum Gasteiger partial charge on any atom is -0.453 e. The highest BCUT2D eigenvalue weighted by Crippen LogP contribution is 2.20. The maximum Gasteiger partial charge on any atom is 0.407 e. The number of hydrogen-bond donors (Lipinski definition) is 1. The second kappa shape index (κ2) is 5.40. The first-order valence-corrected chi connectivity index (χ1v) is 5.85. The van der Waals surface area contributed by atoms with Gasteiger partial charge < -0.3 is 10.1 Å². The van der Waals surface area contributed by atoms with Crippen molar-refractivity contribution >= 4 is 17.4 Å². The number of methoxy groups -OCH3 is 1. The summed E-state index contributed by atoms with van der Waals surface area (Å²) in [5.74, 6) is 0. The van der Waals surface area contributed by atoms with Crippen LogP contribution in [0.1, 0.15) is 5.69 Å². The van der Waals surface area contributed by atoms with Crippen molar-refractivity contribution < 1.29 is 9.53 Å². The van der Waals surface area contributed by atoms with Crippen LogP contribution >= 0.6 is 11.3 Å². The lowest BCUT2D eigenvalue weighted by Crippen LogP contribution is -2.22. The first kappa shape index (κ1) is 11.5. The largest absolute Gasteiger partial charge is 0.453 e. The standard InChI is InChI=1S/C11H11N3O2S/c1-16-11(15)13-6-8-7-17-10(14-8)9-4-2-3-5-12-9/h2-5,7H,6H2,1H3,(H,13,15). The van der Waals surface area contributed by atoms with Crippen LogP contribution < -0.4 is 5.32 Å². The fraction of sp³-hybridized carbons (Fsp3) is 0.182. The average Bonchev–Trinajstić information content (AvgIpc) is 2.86. The Morgan fingerprint density at radius 2 is 2.41 bits per heavy atom. The molecule has 1 amide bonds. The van der Waals surface area contributed by atoms with Crippen molar-refractivity contribution in [1.82, 2.24) is 15.3 Å². The third-order valence-electron chi connectivity index (χ3n) is 2.03. The zero-order valence-electron chi connectivity index (χ0n) is 9.21. The summed E-state index contributed by atoms with van der Waals surface area (Å²) in [7, 11) is 1.33. The smallest absolute Gasteiger partial charge is 0.407 e. The number of thiazole rings is 1. The van der Waals surface area contributed by atoms with E-state index in [1.54, 1.807) is 6.20 Å². The van der Waals surface area contributed by atoms with E-state index < -0.39 is 6.09 Å². The summed E-state index contributed by atoms with van der Waals surface area (Å²) in [5, 5.41) is 5.30. The van der Waals surface area contributed by atoms with Gasteiger partial charge in [-0.25, -0.2) is 9.78 Å². The van der Waals surface area contributed by atoms with Gasteiger partial charge in [0.15, 0.2) is 0 Å². The Morgan fingerprint density at radius 3 is 3.12 bits per heavy atom. The van der Waals surface area contributed by atoms with E-state index in [0.29, 0.717) is 6.54 Å². The molecule has 2 aromatic heterocycles. The van der Waals surface area contributed by atoms with Gasteiger partial charge in [-0.05, 0) is 12.1 Å². The molecule has 0 saturated carbocycles. The van der Waals surface area contributed by atoms with Gasteiger partial charge in [-0.3, -0.25) is 4.98 Å². The molecule has 5 nitrogen and oxygen atoms in total. The highest BCUT2D eigenvalue weighted by Gasteiger charge is 2.06. The van der Waals surface area contributed by atoms with Crippen molar-refractivity contribution in [2.24, 2.45) is 0 Å². The summed E-state index contributed by atoms with van der Waals surface area (Å²) in [6.45, 7) is 0.357. The van der Waals surface area contributed by atoms with Crippen LogP contribution in [-0.4, -0.2) is 23.2 Å². The highest BCUT2D eigenvalue weighted by molar-refractivity contribution is 7.13. The number of hydrogen-bond acceptors (Lipinski definition) is 5. The maximum absolute atomic E-state index is 10.9. The number of aromatic nitrogens is 2. The van der Waals surface area contributed by atoms with Gasteiger partial charge in [0.25, 0.3) is 0 Å². The third-order valence-corrected chi connectivity index (χ3v) is 2.95. The van der Waals surface area contributed by atoms with Gasteiger partial charge in [-0.2, -0.15) is 0 Å². The lowest BCUT2D eigenvalue weighted by atomic mass is 10.4. The fourth-order valence-corrected chi connectivity index (χ4v) is 2.03. The van der Waals surface area contributed by atoms with Gasteiger partial charge in [-0.15, -0.1) is 11.3 Å². The number of nitrogens with zero attached hydrogens (tertiary/aromatic N) is 2. The minimum absolute atomic E-state index is 0.357. The van der Waals surface area contributed by atoms with Gasteiger partial charge >= 0.3 is 6.09 Å². The van der Waals surface area contributed by atoms with Gasteiger partial charge in [0, 0.05) is 11.6 Å². The lowest BCUT2D eigenvalue weighted by Gasteiger charge is -1.99. The molecule has 2 heterocycles. The van der Waals surface area contributed by atoms with Crippen LogP contribution in [0.2, 0.25) is 0 Å². The van der Waals surface area contributed by atoms with Crippen LogP contribution in [0.25, 0.3) is 10.7 Å². The Bertz CT molecular complexity index is 498. The first-order valence-electron chi connectivity index (χ1n) is 4.97. The second-order valence-electron chi connectivity index (χ2n) is 3.20. The van der Waals surface area contributed by atoms with E-state index in [9.17, 15) is 4.79 Å². The summed E-state index contributed by atoms with van der Waals surface area (Å²) in [4.78, 5) is 19.5. The Morgan fingerprint density at radius 1 is 1.53 bits per heavy atom. The van der Waals surface area contributed by atoms with Crippen molar-refractivity contribution in [2.45, 2.75) is 6.54 Å². The molecule has 0 fully saturated rings. The Labute approximate surface area is 102 Å². The van der Waals surface area contributed by atoms with E-state index in [4.69, 9.17) is 0 Å². The highest BCUT2D eigenvalue weighted by atomic mass is 32.1. The van der Waals surface area contributed by atoms with Crippen molar-refractivity contribution in [1.29, 1.82) is 0 Å². The summed E-state index contributed by atoms with van der Waals surface area (Å²) in [6, 6.07) is 5.67.